The predicted molar refractivity (Wildman–Crippen MR) is 70.6 cm³/mol. The van der Waals surface area contributed by atoms with E-state index in [0.717, 1.165) is 23.3 Å². The first-order valence-corrected chi connectivity index (χ1v) is 6.69. The van der Waals surface area contributed by atoms with Crippen molar-refractivity contribution >= 4 is 17.4 Å². The molecule has 3 heterocycles. The van der Waals surface area contributed by atoms with Gasteiger partial charge >= 0.3 is 0 Å². The van der Waals surface area contributed by atoms with Gasteiger partial charge in [0.05, 0.1) is 5.02 Å². The van der Waals surface area contributed by atoms with Gasteiger partial charge in [-0.2, -0.15) is 0 Å². The maximum absolute atomic E-state index is 6.25. The summed E-state index contributed by atoms with van der Waals surface area (Å²) in [5.74, 6) is 1.76. The Morgan fingerprint density at radius 2 is 2.24 bits per heavy atom. The Morgan fingerprint density at radius 1 is 1.35 bits per heavy atom. The molecule has 3 rings (SSSR count). The number of rotatable bonds is 1. The Hall–Kier alpha value is -0.800. The molecule has 3 nitrogen and oxygen atoms in total. The first kappa shape index (κ1) is 11.3. The first-order valence-electron chi connectivity index (χ1n) is 6.31. The van der Waals surface area contributed by atoms with Crippen LogP contribution in [0.1, 0.15) is 12.8 Å². The van der Waals surface area contributed by atoms with E-state index in [1.165, 1.54) is 25.9 Å². The van der Waals surface area contributed by atoms with E-state index in [1.54, 1.807) is 0 Å². The topological polar surface area (TPSA) is 19.4 Å². The largest absolute Gasteiger partial charge is 0.352 e. The van der Waals surface area contributed by atoms with Crippen LogP contribution in [0.15, 0.2) is 18.3 Å². The number of hydrogen-bond acceptors (Lipinski definition) is 3. The molecule has 0 N–H and O–H groups in total. The molecule has 1 unspecified atom stereocenters. The van der Waals surface area contributed by atoms with Crippen molar-refractivity contribution in [2.45, 2.75) is 18.9 Å². The summed E-state index contributed by atoms with van der Waals surface area (Å²) in [5, 5.41) is 0.784. The second-order valence-corrected chi connectivity index (χ2v) is 5.58. The molecule has 0 amide bonds. The van der Waals surface area contributed by atoms with Crippen LogP contribution in [0.3, 0.4) is 0 Å². The van der Waals surface area contributed by atoms with E-state index in [-0.39, 0.29) is 0 Å². The third kappa shape index (κ3) is 2.02. The van der Waals surface area contributed by atoms with Crippen LogP contribution in [0.2, 0.25) is 5.02 Å². The molecular weight excluding hydrogens is 234 g/mol. The minimum atomic E-state index is 0.638. The van der Waals surface area contributed by atoms with Gasteiger partial charge in [-0.05, 0) is 44.5 Å². The van der Waals surface area contributed by atoms with E-state index in [0.29, 0.717) is 6.04 Å². The first-order chi connectivity index (χ1) is 8.25. The highest BCUT2D eigenvalue weighted by molar-refractivity contribution is 6.32. The number of likely N-dealkylation sites (tertiary alicyclic amines) is 1. The van der Waals surface area contributed by atoms with Crippen LogP contribution in [0.4, 0.5) is 5.82 Å². The van der Waals surface area contributed by atoms with Gasteiger partial charge in [-0.3, -0.25) is 0 Å². The number of aromatic nitrogens is 1. The van der Waals surface area contributed by atoms with Crippen molar-refractivity contribution in [1.82, 2.24) is 9.88 Å². The zero-order valence-electron chi connectivity index (χ0n) is 10.1. The molecule has 17 heavy (non-hydrogen) atoms. The molecule has 0 bridgehead atoms. The Kier molecular flexibility index (Phi) is 2.97. The molecule has 2 fully saturated rings. The average molecular weight is 252 g/mol. The molecule has 0 saturated carbocycles. The van der Waals surface area contributed by atoms with Crippen molar-refractivity contribution in [2.75, 3.05) is 31.6 Å². The van der Waals surface area contributed by atoms with Crippen molar-refractivity contribution in [1.29, 1.82) is 0 Å². The summed E-state index contributed by atoms with van der Waals surface area (Å²) in [7, 11) is 2.21. The van der Waals surface area contributed by atoms with Crippen LogP contribution in [-0.4, -0.2) is 42.6 Å². The Bertz CT molecular complexity index is 409. The van der Waals surface area contributed by atoms with Gasteiger partial charge in [-0.1, -0.05) is 11.6 Å². The van der Waals surface area contributed by atoms with Gasteiger partial charge in [0.2, 0.25) is 0 Å². The number of anilines is 1. The molecular formula is C13H18ClN3. The molecule has 2 atom stereocenters. The lowest BCUT2D eigenvalue weighted by Gasteiger charge is -2.36. The predicted octanol–water partition coefficient (Wildman–Crippen LogP) is 2.27. The molecule has 0 radical (unpaired) electrons. The van der Waals surface area contributed by atoms with E-state index >= 15 is 0 Å². The van der Waals surface area contributed by atoms with Gasteiger partial charge in [-0.25, -0.2) is 4.98 Å². The molecule has 2 aliphatic rings. The van der Waals surface area contributed by atoms with Gasteiger partial charge in [0.1, 0.15) is 5.82 Å². The summed E-state index contributed by atoms with van der Waals surface area (Å²) < 4.78 is 0. The maximum Gasteiger partial charge on any atom is 0.147 e. The smallest absolute Gasteiger partial charge is 0.147 e. The van der Waals surface area contributed by atoms with Crippen molar-refractivity contribution in [2.24, 2.45) is 5.92 Å². The lowest BCUT2D eigenvalue weighted by atomic mass is 9.93. The Labute approximate surface area is 107 Å². The quantitative estimate of drug-likeness (QED) is 0.763. The lowest BCUT2D eigenvalue weighted by Crippen LogP contribution is -2.44. The van der Waals surface area contributed by atoms with Gasteiger partial charge in [0, 0.05) is 25.3 Å². The zero-order chi connectivity index (χ0) is 11.8. The number of pyridine rings is 1. The number of fused-ring (bicyclic) bond motifs is 1. The van der Waals surface area contributed by atoms with Crippen LogP contribution in [-0.2, 0) is 0 Å². The molecule has 2 aliphatic heterocycles. The van der Waals surface area contributed by atoms with Gasteiger partial charge < -0.3 is 9.80 Å². The van der Waals surface area contributed by atoms with Gasteiger partial charge in [0.15, 0.2) is 0 Å². The van der Waals surface area contributed by atoms with Crippen LogP contribution < -0.4 is 4.90 Å². The third-order valence-electron chi connectivity index (χ3n) is 4.05. The molecule has 0 aliphatic carbocycles. The van der Waals surface area contributed by atoms with Crippen LogP contribution >= 0.6 is 11.6 Å². The fourth-order valence-corrected chi connectivity index (χ4v) is 3.45. The monoisotopic (exact) mass is 251 g/mol. The van der Waals surface area contributed by atoms with E-state index in [4.69, 9.17) is 11.6 Å². The Balaban J connectivity index is 1.84. The number of nitrogens with zero attached hydrogens (tertiary/aromatic N) is 3. The summed E-state index contributed by atoms with van der Waals surface area (Å²) in [6.45, 7) is 3.49. The third-order valence-corrected chi connectivity index (χ3v) is 4.34. The molecule has 2 saturated heterocycles. The summed E-state index contributed by atoms with van der Waals surface area (Å²) in [6, 6.07) is 4.47. The van der Waals surface area contributed by atoms with E-state index in [9.17, 15) is 0 Å². The Morgan fingerprint density at radius 3 is 3.06 bits per heavy atom. The second kappa shape index (κ2) is 4.46. The van der Waals surface area contributed by atoms with E-state index in [1.807, 2.05) is 18.3 Å². The summed E-state index contributed by atoms with van der Waals surface area (Å²) in [5.41, 5.74) is 0. The number of hydrogen-bond donors (Lipinski definition) is 0. The molecule has 0 aromatic carbocycles. The van der Waals surface area contributed by atoms with Crippen LogP contribution in [0, 0.1) is 5.92 Å². The zero-order valence-corrected chi connectivity index (χ0v) is 10.9. The van der Waals surface area contributed by atoms with Crippen molar-refractivity contribution in [3.8, 4) is 0 Å². The summed E-state index contributed by atoms with van der Waals surface area (Å²) in [4.78, 5) is 9.30. The van der Waals surface area contributed by atoms with Crippen LogP contribution in [0.5, 0.6) is 0 Å². The highest BCUT2D eigenvalue weighted by Crippen LogP contribution is 2.36. The van der Waals surface area contributed by atoms with E-state index < -0.39 is 0 Å². The van der Waals surface area contributed by atoms with E-state index in [2.05, 4.69) is 21.8 Å². The van der Waals surface area contributed by atoms with Crippen molar-refractivity contribution < 1.29 is 0 Å². The van der Waals surface area contributed by atoms with Crippen molar-refractivity contribution in [3.05, 3.63) is 23.4 Å². The standard InChI is InChI=1S/C13H18ClN3/c1-16-7-5-12-10(9-16)4-8-17(12)13-11(14)3-2-6-15-13/h2-3,6,10,12H,4-5,7-9H2,1H3/t10-,12?/m1/s1. The van der Waals surface area contributed by atoms with Crippen molar-refractivity contribution in [3.63, 3.8) is 0 Å². The fraction of sp³-hybridized carbons (Fsp3) is 0.615. The number of piperidine rings is 1. The summed E-state index contributed by atoms with van der Waals surface area (Å²) >= 11 is 6.25. The minimum absolute atomic E-state index is 0.638. The molecule has 1 aromatic rings. The lowest BCUT2D eigenvalue weighted by molar-refractivity contribution is 0.202. The highest BCUT2D eigenvalue weighted by atomic mass is 35.5. The maximum atomic E-state index is 6.25. The average Bonchev–Trinajstić information content (AvgIpc) is 2.72. The SMILES string of the molecule is CN1CCC2[C@H](CCN2c2ncccc2Cl)C1. The fourth-order valence-electron chi connectivity index (χ4n) is 3.22. The molecule has 1 aromatic heterocycles. The molecule has 4 heteroatoms. The number of halogens is 1. The second-order valence-electron chi connectivity index (χ2n) is 5.17. The minimum Gasteiger partial charge on any atom is -0.352 e. The van der Waals surface area contributed by atoms with Crippen LogP contribution in [0.25, 0.3) is 0 Å². The van der Waals surface area contributed by atoms with Gasteiger partial charge in [0.25, 0.3) is 0 Å². The summed E-state index contributed by atoms with van der Waals surface area (Å²) in [6.07, 6.45) is 4.33. The van der Waals surface area contributed by atoms with Gasteiger partial charge in [-0.15, -0.1) is 0 Å². The molecule has 92 valence electrons. The normalized spacial score (nSPS) is 29.4. The molecule has 0 spiro atoms. The highest BCUT2D eigenvalue weighted by Gasteiger charge is 2.38.